The Bertz CT molecular complexity index is 713. The lowest BCUT2D eigenvalue weighted by molar-refractivity contribution is 0.435. The number of hydrogen-bond acceptors (Lipinski definition) is 4. The quantitative estimate of drug-likeness (QED) is 0.776. The molecule has 0 aliphatic heterocycles. The predicted molar refractivity (Wildman–Crippen MR) is 75.6 cm³/mol. The maximum absolute atomic E-state index is 5.88. The van der Waals surface area contributed by atoms with Gasteiger partial charge in [-0.1, -0.05) is 36.7 Å². The van der Waals surface area contributed by atoms with Crippen LogP contribution in [0.2, 0.25) is 0 Å². The van der Waals surface area contributed by atoms with E-state index in [1.54, 1.807) is 6.20 Å². The number of rotatable bonds is 3. The van der Waals surface area contributed by atoms with E-state index in [1.165, 1.54) is 0 Å². The summed E-state index contributed by atoms with van der Waals surface area (Å²) in [5, 5.41) is 4.97. The third-order valence-electron chi connectivity index (χ3n) is 3.20. The minimum atomic E-state index is 0.477. The van der Waals surface area contributed by atoms with Crippen LogP contribution >= 0.6 is 0 Å². The molecule has 2 aromatic heterocycles. The zero-order valence-corrected chi connectivity index (χ0v) is 10.8. The Kier molecular flexibility index (Phi) is 2.91. The molecule has 3 aromatic rings. The van der Waals surface area contributed by atoms with Crippen LogP contribution in [0.3, 0.4) is 0 Å². The fourth-order valence-electron chi connectivity index (χ4n) is 2.31. The minimum Gasteiger partial charge on any atom is -0.381 e. The third kappa shape index (κ3) is 1.95. The van der Waals surface area contributed by atoms with E-state index in [-0.39, 0.29) is 0 Å². The lowest BCUT2D eigenvalue weighted by atomic mass is 10.0. The van der Waals surface area contributed by atoms with Crippen molar-refractivity contribution in [3.63, 3.8) is 0 Å². The molecule has 2 heterocycles. The van der Waals surface area contributed by atoms with Gasteiger partial charge in [0.15, 0.2) is 11.6 Å². The highest BCUT2D eigenvalue weighted by Crippen LogP contribution is 2.32. The van der Waals surface area contributed by atoms with Gasteiger partial charge in [-0.05, 0) is 18.6 Å². The second-order valence-corrected chi connectivity index (χ2v) is 4.51. The van der Waals surface area contributed by atoms with Crippen molar-refractivity contribution in [1.82, 2.24) is 10.1 Å². The van der Waals surface area contributed by atoms with Crippen LogP contribution < -0.4 is 5.73 Å². The topological polar surface area (TPSA) is 64.9 Å². The number of nitrogens with two attached hydrogens (primary N) is 1. The van der Waals surface area contributed by atoms with Crippen LogP contribution in [0, 0.1) is 0 Å². The zero-order chi connectivity index (χ0) is 13.2. The second-order valence-electron chi connectivity index (χ2n) is 4.51. The summed E-state index contributed by atoms with van der Waals surface area (Å²) in [6.07, 6.45) is 3.63. The number of para-hydroxylation sites is 1. The fourth-order valence-corrected chi connectivity index (χ4v) is 2.31. The molecule has 0 aliphatic rings. The van der Waals surface area contributed by atoms with E-state index in [0.717, 1.165) is 40.6 Å². The van der Waals surface area contributed by atoms with E-state index in [2.05, 4.69) is 17.1 Å². The van der Waals surface area contributed by atoms with Crippen molar-refractivity contribution >= 4 is 16.7 Å². The third-order valence-corrected chi connectivity index (χ3v) is 3.20. The first-order chi connectivity index (χ1) is 9.31. The summed E-state index contributed by atoms with van der Waals surface area (Å²) in [6, 6.07) is 9.98. The molecule has 3 rings (SSSR count). The highest BCUT2D eigenvalue weighted by Gasteiger charge is 2.17. The molecular weight excluding hydrogens is 238 g/mol. The summed E-state index contributed by atoms with van der Waals surface area (Å²) in [6.45, 7) is 2.11. The van der Waals surface area contributed by atoms with Gasteiger partial charge in [-0.15, -0.1) is 0 Å². The van der Waals surface area contributed by atoms with Crippen LogP contribution in [-0.2, 0) is 6.42 Å². The van der Waals surface area contributed by atoms with Crippen molar-refractivity contribution in [3.8, 4) is 11.3 Å². The molecule has 0 aliphatic carbocycles. The summed E-state index contributed by atoms with van der Waals surface area (Å²) < 4.78 is 5.43. The van der Waals surface area contributed by atoms with Crippen LogP contribution in [0.4, 0.5) is 5.82 Å². The van der Waals surface area contributed by atoms with Gasteiger partial charge >= 0.3 is 0 Å². The number of nitrogen functional groups attached to an aromatic ring is 1. The van der Waals surface area contributed by atoms with Gasteiger partial charge in [0.2, 0.25) is 0 Å². The van der Waals surface area contributed by atoms with E-state index >= 15 is 0 Å². The van der Waals surface area contributed by atoms with Gasteiger partial charge in [-0.2, -0.15) is 0 Å². The maximum Gasteiger partial charge on any atom is 0.174 e. The van der Waals surface area contributed by atoms with Crippen LogP contribution in [0.1, 0.15) is 18.9 Å². The fraction of sp³-hybridized carbons (Fsp3) is 0.200. The molecule has 0 fully saturated rings. The van der Waals surface area contributed by atoms with Crippen molar-refractivity contribution in [2.75, 3.05) is 5.73 Å². The Labute approximate surface area is 111 Å². The Hall–Kier alpha value is -2.36. The molecule has 0 radical (unpaired) electrons. The van der Waals surface area contributed by atoms with Crippen LogP contribution in [0.15, 0.2) is 41.1 Å². The molecule has 0 spiro atoms. The van der Waals surface area contributed by atoms with Crippen molar-refractivity contribution in [3.05, 3.63) is 42.1 Å². The standard InChI is InChI=1S/C15H15N3O/c1-2-5-12-14(19-18-15(12)16)11-8-3-6-10-7-4-9-17-13(10)11/h3-4,6-9H,2,5H2,1H3,(H2,16,18). The summed E-state index contributed by atoms with van der Waals surface area (Å²) >= 11 is 0. The Morgan fingerprint density at radius 3 is 2.89 bits per heavy atom. The molecule has 19 heavy (non-hydrogen) atoms. The number of nitrogens with zero attached hydrogens (tertiary/aromatic N) is 2. The van der Waals surface area contributed by atoms with Crippen molar-refractivity contribution in [1.29, 1.82) is 0 Å². The minimum absolute atomic E-state index is 0.477. The number of hydrogen-bond donors (Lipinski definition) is 1. The van der Waals surface area contributed by atoms with Gasteiger partial charge in [0, 0.05) is 22.7 Å². The second kappa shape index (κ2) is 4.72. The first-order valence-corrected chi connectivity index (χ1v) is 6.39. The van der Waals surface area contributed by atoms with Gasteiger partial charge in [0.25, 0.3) is 0 Å². The van der Waals surface area contributed by atoms with Crippen molar-refractivity contribution in [2.45, 2.75) is 19.8 Å². The molecule has 0 unspecified atom stereocenters. The van der Waals surface area contributed by atoms with Gasteiger partial charge < -0.3 is 10.3 Å². The molecular formula is C15H15N3O. The molecule has 0 saturated carbocycles. The molecule has 96 valence electrons. The van der Waals surface area contributed by atoms with Crippen LogP contribution in [0.5, 0.6) is 0 Å². The Morgan fingerprint density at radius 1 is 1.21 bits per heavy atom. The van der Waals surface area contributed by atoms with Gasteiger partial charge in [0.05, 0.1) is 5.52 Å². The van der Waals surface area contributed by atoms with E-state index in [0.29, 0.717) is 5.82 Å². The lowest BCUT2D eigenvalue weighted by Crippen LogP contribution is -1.93. The van der Waals surface area contributed by atoms with E-state index in [1.807, 2.05) is 30.3 Å². The summed E-state index contributed by atoms with van der Waals surface area (Å²) in [7, 11) is 0. The molecule has 4 heteroatoms. The smallest absolute Gasteiger partial charge is 0.174 e. The number of anilines is 1. The number of benzene rings is 1. The van der Waals surface area contributed by atoms with E-state index in [9.17, 15) is 0 Å². The predicted octanol–water partition coefficient (Wildman–Crippen LogP) is 3.42. The van der Waals surface area contributed by atoms with Gasteiger partial charge in [0.1, 0.15) is 0 Å². The number of fused-ring (bicyclic) bond motifs is 1. The van der Waals surface area contributed by atoms with Crippen molar-refractivity contribution in [2.24, 2.45) is 0 Å². The first kappa shape index (κ1) is 11.7. The summed E-state index contributed by atoms with van der Waals surface area (Å²) in [5.41, 5.74) is 8.72. The van der Waals surface area contributed by atoms with Crippen LogP contribution in [0.25, 0.3) is 22.2 Å². The first-order valence-electron chi connectivity index (χ1n) is 6.39. The molecule has 0 amide bonds. The molecule has 4 nitrogen and oxygen atoms in total. The average molecular weight is 253 g/mol. The number of aromatic nitrogens is 2. The highest BCUT2D eigenvalue weighted by molar-refractivity contribution is 5.93. The zero-order valence-electron chi connectivity index (χ0n) is 10.8. The largest absolute Gasteiger partial charge is 0.381 e. The number of pyridine rings is 1. The average Bonchev–Trinajstić information content (AvgIpc) is 2.80. The molecule has 0 bridgehead atoms. The molecule has 1 aromatic carbocycles. The normalized spacial score (nSPS) is 11.0. The SMILES string of the molecule is CCCc1c(N)noc1-c1cccc2cccnc12. The molecule has 0 saturated heterocycles. The maximum atomic E-state index is 5.88. The Morgan fingerprint density at radius 2 is 2.05 bits per heavy atom. The molecule has 2 N–H and O–H groups in total. The summed E-state index contributed by atoms with van der Waals surface area (Å²) in [4.78, 5) is 4.44. The summed E-state index contributed by atoms with van der Waals surface area (Å²) in [5.74, 6) is 1.22. The van der Waals surface area contributed by atoms with E-state index in [4.69, 9.17) is 10.3 Å². The van der Waals surface area contributed by atoms with Gasteiger partial charge in [-0.25, -0.2) is 0 Å². The molecule has 0 atom stereocenters. The van der Waals surface area contributed by atoms with Gasteiger partial charge in [-0.3, -0.25) is 4.98 Å². The lowest BCUT2D eigenvalue weighted by Gasteiger charge is -2.04. The van der Waals surface area contributed by atoms with E-state index < -0.39 is 0 Å². The highest BCUT2D eigenvalue weighted by atomic mass is 16.5. The van der Waals surface area contributed by atoms with Crippen LogP contribution in [-0.4, -0.2) is 10.1 Å². The van der Waals surface area contributed by atoms with Crippen molar-refractivity contribution < 1.29 is 4.52 Å². The Balaban J connectivity index is 2.25. The monoisotopic (exact) mass is 253 g/mol.